The molecular weight excluding hydrogens is 242 g/mol. The van der Waals surface area contributed by atoms with Gasteiger partial charge in [-0.1, -0.05) is 42.5 Å². The first-order chi connectivity index (χ1) is 8.28. The van der Waals surface area contributed by atoms with E-state index in [1.807, 2.05) is 0 Å². The first-order valence-electron chi connectivity index (χ1n) is 5.69. The molecule has 2 atom stereocenters. The van der Waals surface area contributed by atoms with Crippen LogP contribution in [-0.2, 0) is 6.16 Å². The second-order valence-corrected chi connectivity index (χ2v) is 5.38. The van der Waals surface area contributed by atoms with Crippen molar-refractivity contribution in [3.8, 4) is 0 Å². The van der Waals surface area contributed by atoms with Gasteiger partial charge < -0.3 is 0 Å². The lowest BCUT2D eigenvalue weighted by Crippen LogP contribution is -1.89. The van der Waals surface area contributed by atoms with Gasteiger partial charge in [0.2, 0.25) is 0 Å². The molecule has 3 aromatic rings. The molecule has 0 saturated carbocycles. The molecule has 2 heteroatoms. The Labute approximate surface area is 106 Å². The van der Waals surface area contributed by atoms with Gasteiger partial charge in [0.1, 0.15) is 0 Å². The zero-order valence-electron chi connectivity index (χ0n) is 9.48. The van der Waals surface area contributed by atoms with Crippen molar-refractivity contribution in [2.45, 2.75) is 6.16 Å². The van der Waals surface area contributed by atoms with Gasteiger partial charge in [0.15, 0.2) is 0 Å². The van der Waals surface area contributed by atoms with Crippen LogP contribution in [0.3, 0.4) is 0 Å². The van der Waals surface area contributed by atoms with Crippen LogP contribution in [-0.4, -0.2) is 0 Å². The molecule has 0 radical (unpaired) electrons. The van der Waals surface area contributed by atoms with Crippen molar-refractivity contribution >= 4 is 45.3 Å². The monoisotopic (exact) mass is 256 g/mol. The maximum absolute atomic E-state index is 2.78. The lowest BCUT2D eigenvalue weighted by molar-refractivity contribution is 1.45. The predicted molar refractivity (Wildman–Crippen MR) is 84.2 cm³/mol. The number of benzene rings is 3. The Morgan fingerprint density at radius 1 is 0.765 bits per heavy atom. The van der Waals surface area contributed by atoms with E-state index in [2.05, 4.69) is 67.0 Å². The van der Waals surface area contributed by atoms with Crippen molar-refractivity contribution in [2.24, 2.45) is 0 Å². The normalized spacial score (nSPS) is 11.2. The topological polar surface area (TPSA) is 0 Å². The van der Waals surface area contributed by atoms with E-state index in [1.54, 1.807) is 0 Å². The number of hydrogen-bond donors (Lipinski definition) is 0. The third-order valence-corrected chi connectivity index (χ3v) is 3.99. The largest absolute Gasteiger partial charge is 0.133 e. The highest BCUT2D eigenvalue weighted by atomic mass is 31.0. The van der Waals surface area contributed by atoms with Gasteiger partial charge in [-0.05, 0) is 44.6 Å². The summed E-state index contributed by atoms with van der Waals surface area (Å²) in [6, 6.07) is 17.7. The summed E-state index contributed by atoms with van der Waals surface area (Å²) in [4.78, 5) is 0. The van der Waals surface area contributed by atoms with Crippen molar-refractivity contribution in [1.29, 1.82) is 0 Å². The summed E-state index contributed by atoms with van der Waals surface area (Å²) in [5.74, 6) is 0. The molecule has 0 aliphatic carbocycles. The fourth-order valence-electron chi connectivity index (χ4n) is 2.27. The van der Waals surface area contributed by atoms with Crippen LogP contribution in [0.25, 0.3) is 21.5 Å². The van der Waals surface area contributed by atoms with Gasteiger partial charge in [-0.3, -0.25) is 0 Å². The molecule has 3 aromatic carbocycles. The SMILES string of the molecule is PCc1ccc2c(ccc3cc(P)ccc32)c1. The standard InChI is InChI=1S/C15H14P2/c16-9-10-1-5-14-11(7-10)2-3-12-8-13(17)4-6-15(12)14/h1-8H,9,16-17H2. The second-order valence-electron chi connectivity index (χ2n) is 4.31. The minimum absolute atomic E-state index is 1.01. The molecule has 2 unspecified atom stereocenters. The van der Waals surface area contributed by atoms with Crippen LogP contribution < -0.4 is 5.30 Å². The van der Waals surface area contributed by atoms with Crippen LogP contribution in [0.15, 0.2) is 48.5 Å². The molecule has 0 aliphatic rings. The molecule has 0 aliphatic heterocycles. The Hall–Kier alpha value is -0.960. The minimum Gasteiger partial charge on any atom is -0.133 e. The first kappa shape index (κ1) is 11.1. The molecule has 0 amide bonds. The summed E-state index contributed by atoms with van der Waals surface area (Å²) in [6.45, 7) is 0. The van der Waals surface area contributed by atoms with E-state index in [4.69, 9.17) is 0 Å². The van der Waals surface area contributed by atoms with Crippen LogP contribution in [0.1, 0.15) is 5.56 Å². The fraction of sp³-hybridized carbons (Fsp3) is 0.0667. The summed E-state index contributed by atoms with van der Waals surface area (Å²) in [5.41, 5.74) is 1.37. The highest BCUT2D eigenvalue weighted by molar-refractivity contribution is 7.27. The lowest BCUT2D eigenvalue weighted by atomic mass is 10.0. The van der Waals surface area contributed by atoms with E-state index >= 15 is 0 Å². The van der Waals surface area contributed by atoms with Crippen LogP contribution in [0.4, 0.5) is 0 Å². The van der Waals surface area contributed by atoms with Crippen molar-refractivity contribution < 1.29 is 0 Å². The van der Waals surface area contributed by atoms with E-state index in [0.717, 1.165) is 6.16 Å². The van der Waals surface area contributed by atoms with Crippen LogP contribution in [0.5, 0.6) is 0 Å². The molecule has 0 bridgehead atoms. The molecular formula is C15H14P2. The third kappa shape index (κ3) is 1.97. The van der Waals surface area contributed by atoms with Crippen LogP contribution >= 0.6 is 18.5 Å². The van der Waals surface area contributed by atoms with Crippen molar-refractivity contribution in [2.75, 3.05) is 0 Å². The zero-order chi connectivity index (χ0) is 11.8. The zero-order valence-corrected chi connectivity index (χ0v) is 11.8. The number of hydrogen-bond acceptors (Lipinski definition) is 0. The number of fused-ring (bicyclic) bond motifs is 3. The predicted octanol–water partition coefficient (Wildman–Crippen LogP) is 3.87. The van der Waals surface area contributed by atoms with Gasteiger partial charge in [0.05, 0.1) is 0 Å². The highest BCUT2D eigenvalue weighted by Crippen LogP contribution is 2.26. The van der Waals surface area contributed by atoms with Crippen molar-refractivity contribution in [1.82, 2.24) is 0 Å². The average Bonchev–Trinajstić information content (AvgIpc) is 2.37. The van der Waals surface area contributed by atoms with E-state index in [-0.39, 0.29) is 0 Å². The molecule has 84 valence electrons. The fourth-order valence-corrected chi connectivity index (χ4v) is 2.80. The van der Waals surface area contributed by atoms with Crippen molar-refractivity contribution in [3.63, 3.8) is 0 Å². The minimum atomic E-state index is 1.01. The summed E-state index contributed by atoms with van der Waals surface area (Å²) >= 11 is 0. The molecule has 0 spiro atoms. The quantitative estimate of drug-likeness (QED) is 0.458. The van der Waals surface area contributed by atoms with E-state index in [1.165, 1.54) is 32.4 Å². The van der Waals surface area contributed by atoms with Gasteiger partial charge in [-0.25, -0.2) is 0 Å². The second kappa shape index (κ2) is 4.37. The Balaban J connectivity index is 2.40. The summed E-state index contributed by atoms with van der Waals surface area (Å²) in [7, 11) is 5.53. The molecule has 0 fully saturated rings. The molecule has 0 N–H and O–H groups in total. The molecule has 0 aromatic heterocycles. The molecule has 0 nitrogen and oxygen atoms in total. The molecule has 17 heavy (non-hydrogen) atoms. The smallest absolute Gasteiger partial charge is 0.0105 e. The van der Waals surface area contributed by atoms with Gasteiger partial charge in [-0.15, -0.1) is 18.5 Å². The molecule has 0 heterocycles. The van der Waals surface area contributed by atoms with Crippen LogP contribution in [0, 0.1) is 0 Å². The summed E-state index contributed by atoms with van der Waals surface area (Å²) in [5, 5.41) is 6.55. The molecule has 3 rings (SSSR count). The number of rotatable bonds is 1. The maximum Gasteiger partial charge on any atom is -0.0105 e. The van der Waals surface area contributed by atoms with Gasteiger partial charge >= 0.3 is 0 Å². The van der Waals surface area contributed by atoms with E-state index < -0.39 is 0 Å². The Kier molecular flexibility index (Phi) is 2.87. The average molecular weight is 256 g/mol. The van der Waals surface area contributed by atoms with Gasteiger partial charge in [0, 0.05) is 0 Å². The Morgan fingerprint density at radius 3 is 2.12 bits per heavy atom. The van der Waals surface area contributed by atoms with Crippen molar-refractivity contribution in [3.05, 3.63) is 54.1 Å². The summed E-state index contributed by atoms with van der Waals surface area (Å²) in [6.07, 6.45) is 1.01. The highest BCUT2D eigenvalue weighted by Gasteiger charge is 2.01. The summed E-state index contributed by atoms with van der Waals surface area (Å²) < 4.78 is 0. The third-order valence-electron chi connectivity index (χ3n) is 3.16. The molecule has 0 saturated heterocycles. The lowest BCUT2D eigenvalue weighted by Gasteiger charge is -2.06. The first-order valence-corrected chi connectivity index (χ1v) is 7.08. The van der Waals surface area contributed by atoms with E-state index in [0.29, 0.717) is 0 Å². The van der Waals surface area contributed by atoms with Gasteiger partial charge in [-0.2, -0.15) is 0 Å². The Morgan fingerprint density at radius 2 is 1.41 bits per heavy atom. The van der Waals surface area contributed by atoms with Crippen LogP contribution in [0.2, 0.25) is 0 Å². The maximum atomic E-state index is 2.78. The van der Waals surface area contributed by atoms with E-state index in [9.17, 15) is 0 Å². The van der Waals surface area contributed by atoms with Gasteiger partial charge in [0.25, 0.3) is 0 Å². The Bertz CT molecular complexity index is 702.